The van der Waals surface area contributed by atoms with Gasteiger partial charge in [-0.15, -0.1) is 11.3 Å². The first kappa shape index (κ1) is 10.9. The molecule has 84 valence electrons. The Morgan fingerprint density at radius 3 is 2.88 bits per heavy atom. The highest BCUT2D eigenvalue weighted by atomic mass is 32.1. The number of carbonyl (C=O) groups is 1. The molecule has 4 nitrogen and oxygen atoms in total. The molecule has 2 aromatic heterocycles. The summed E-state index contributed by atoms with van der Waals surface area (Å²) in [5.41, 5.74) is 2.65. The zero-order valence-electron chi connectivity index (χ0n) is 9.10. The van der Waals surface area contributed by atoms with Crippen molar-refractivity contribution in [2.75, 3.05) is 0 Å². The summed E-state index contributed by atoms with van der Waals surface area (Å²) in [5, 5.41) is 11.7. The van der Waals surface area contributed by atoms with Gasteiger partial charge in [0.25, 0.3) is 0 Å². The van der Waals surface area contributed by atoms with Gasteiger partial charge in [0.15, 0.2) is 0 Å². The number of thiazole rings is 1. The van der Waals surface area contributed by atoms with E-state index in [9.17, 15) is 4.79 Å². The van der Waals surface area contributed by atoms with Crippen molar-refractivity contribution in [2.24, 2.45) is 7.05 Å². The van der Waals surface area contributed by atoms with Crippen LogP contribution in [-0.4, -0.2) is 20.6 Å². The minimum absolute atomic E-state index is 0.0413. The summed E-state index contributed by atoms with van der Waals surface area (Å²) in [6.07, 6.45) is 0.0413. The fraction of sp³-hybridized carbons (Fsp3) is 0.273. The molecule has 0 unspecified atom stereocenters. The topological polar surface area (TPSA) is 55.1 Å². The molecule has 1 N–H and O–H groups in total. The van der Waals surface area contributed by atoms with Crippen molar-refractivity contribution in [3.05, 3.63) is 28.2 Å². The lowest BCUT2D eigenvalue weighted by atomic mass is 10.3. The van der Waals surface area contributed by atoms with Crippen molar-refractivity contribution in [1.82, 2.24) is 9.55 Å². The predicted octanol–water partition coefficient (Wildman–Crippen LogP) is 2.08. The number of rotatable bonds is 3. The van der Waals surface area contributed by atoms with Gasteiger partial charge in [-0.2, -0.15) is 0 Å². The predicted molar refractivity (Wildman–Crippen MR) is 62.6 cm³/mol. The van der Waals surface area contributed by atoms with Crippen LogP contribution in [-0.2, 0) is 18.3 Å². The molecule has 0 atom stereocenters. The lowest BCUT2D eigenvalue weighted by Crippen LogP contribution is -2.05. The molecular weight excluding hydrogens is 224 g/mol. The Hall–Kier alpha value is -1.62. The van der Waals surface area contributed by atoms with Crippen molar-refractivity contribution < 1.29 is 9.90 Å². The molecule has 0 spiro atoms. The molecule has 0 radical (unpaired) electrons. The van der Waals surface area contributed by atoms with E-state index in [2.05, 4.69) is 4.98 Å². The average Bonchev–Trinajstić information content (AvgIpc) is 2.74. The number of nitrogens with zero attached hydrogens (tertiary/aromatic N) is 2. The van der Waals surface area contributed by atoms with Crippen LogP contribution < -0.4 is 0 Å². The number of aromatic nitrogens is 2. The smallest absolute Gasteiger partial charge is 0.309 e. The van der Waals surface area contributed by atoms with Gasteiger partial charge in [0, 0.05) is 18.1 Å². The Labute approximate surface area is 97.2 Å². The molecule has 2 rings (SSSR count). The Bertz CT molecular complexity index is 528. The van der Waals surface area contributed by atoms with Crippen LogP contribution in [0.25, 0.3) is 11.4 Å². The summed E-state index contributed by atoms with van der Waals surface area (Å²) in [6.45, 7) is 1.95. The van der Waals surface area contributed by atoms with Gasteiger partial charge in [0.2, 0.25) is 0 Å². The highest BCUT2D eigenvalue weighted by Gasteiger charge is 2.11. The number of aryl methyl sites for hydroxylation is 1. The zero-order valence-corrected chi connectivity index (χ0v) is 9.91. The zero-order chi connectivity index (χ0) is 11.7. The minimum atomic E-state index is -0.817. The number of hydrogen-bond acceptors (Lipinski definition) is 3. The molecule has 0 aliphatic rings. The Kier molecular flexibility index (Phi) is 2.78. The third-order valence-electron chi connectivity index (χ3n) is 2.44. The third kappa shape index (κ3) is 1.99. The van der Waals surface area contributed by atoms with Crippen LogP contribution in [0.5, 0.6) is 0 Å². The highest BCUT2D eigenvalue weighted by Crippen LogP contribution is 2.23. The van der Waals surface area contributed by atoms with Crippen molar-refractivity contribution >= 4 is 17.3 Å². The maximum atomic E-state index is 10.6. The molecule has 0 bridgehead atoms. The van der Waals surface area contributed by atoms with Gasteiger partial charge in [-0.3, -0.25) is 4.79 Å². The second-order valence-corrected chi connectivity index (χ2v) is 4.65. The second-order valence-electron chi connectivity index (χ2n) is 3.59. The number of carboxylic acid groups (broad SMARTS) is 1. The second kappa shape index (κ2) is 4.09. The van der Waals surface area contributed by atoms with Gasteiger partial charge in [0.05, 0.1) is 22.8 Å². The molecule has 0 aromatic carbocycles. The number of carboxylic acids is 1. The van der Waals surface area contributed by atoms with Crippen molar-refractivity contribution in [3.63, 3.8) is 0 Å². The molecule has 0 fully saturated rings. The van der Waals surface area contributed by atoms with Gasteiger partial charge in [-0.05, 0) is 19.1 Å². The molecular formula is C11H12N2O2S. The monoisotopic (exact) mass is 236 g/mol. The Morgan fingerprint density at radius 2 is 2.31 bits per heavy atom. The Balaban J connectivity index is 2.36. The molecule has 16 heavy (non-hydrogen) atoms. The van der Waals surface area contributed by atoms with E-state index >= 15 is 0 Å². The summed E-state index contributed by atoms with van der Waals surface area (Å²) in [6, 6.07) is 3.74. The molecule has 5 heteroatoms. The van der Waals surface area contributed by atoms with Gasteiger partial charge in [-0.1, -0.05) is 0 Å². The highest BCUT2D eigenvalue weighted by molar-refractivity contribution is 7.09. The third-order valence-corrected chi connectivity index (χ3v) is 3.21. The van der Waals surface area contributed by atoms with Crippen molar-refractivity contribution in [3.8, 4) is 11.4 Å². The molecule has 2 heterocycles. The minimum Gasteiger partial charge on any atom is -0.481 e. The van der Waals surface area contributed by atoms with Crippen LogP contribution in [0.4, 0.5) is 0 Å². The molecule has 0 aliphatic heterocycles. The first-order chi connectivity index (χ1) is 7.58. The molecule has 2 aromatic rings. The molecule has 0 saturated carbocycles. The van der Waals surface area contributed by atoms with E-state index in [-0.39, 0.29) is 6.42 Å². The summed E-state index contributed by atoms with van der Waals surface area (Å²) < 4.78 is 1.88. The van der Waals surface area contributed by atoms with Crippen molar-refractivity contribution in [2.45, 2.75) is 13.3 Å². The van der Waals surface area contributed by atoms with Crippen LogP contribution >= 0.6 is 11.3 Å². The van der Waals surface area contributed by atoms with E-state index in [0.717, 1.165) is 22.1 Å². The van der Waals surface area contributed by atoms with Gasteiger partial charge >= 0.3 is 5.97 Å². The number of hydrogen-bond donors (Lipinski definition) is 1. The summed E-state index contributed by atoms with van der Waals surface area (Å²) in [4.78, 5) is 15.0. The fourth-order valence-corrected chi connectivity index (χ4v) is 2.23. The van der Waals surface area contributed by atoms with E-state index in [4.69, 9.17) is 5.11 Å². The van der Waals surface area contributed by atoms with Crippen LogP contribution in [0.3, 0.4) is 0 Å². The van der Waals surface area contributed by atoms with E-state index < -0.39 is 5.97 Å². The van der Waals surface area contributed by atoms with Gasteiger partial charge in [0.1, 0.15) is 0 Å². The van der Waals surface area contributed by atoms with Crippen LogP contribution in [0, 0.1) is 6.92 Å². The van der Waals surface area contributed by atoms with E-state index in [0.29, 0.717) is 0 Å². The largest absolute Gasteiger partial charge is 0.481 e. The fourth-order valence-electron chi connectivity index (χ4n) is 1.62. The quantitative estimate of drug-likeness (QED) is 0.887. The van der Waals surface area contributed by atoms with Gasteiger partial charge < -0.3 is 9.67 Å². The van der Waals surface area contributed by atoms with Crippen LogP contribution in [0.2, 0.25) is 0 Å². The van der Waals surface area contributed by atoms with Gasteiger partial charge in [-0.25, -0.2) is 4.98 Å². The van der Waals surface area contributed by atoms with Crippen molar-refractivity contribution in [1.29, 1.82) is 0 Å². The maximum Gasteiger partial charge on any atom is 0.309 e. The standard InChI is InChI=1S/C11H12N2O2S/c1-7-12-9(6-16-7)10-4-3-8(13(10)2)5-11(14)15/h3-4,6H,5H2,1-2H3,(H,14,15). The van der Waals surface area contributed by atoms with E-state index in [1.807, 2.05) is 36.1 Å². The normalized spacial score (nSPS) is 10.6. The maximum absolute atomic E-state index is 10.6. The lowest BCUT2D eigenvalue weighted by molar-refractivity contribution is -0.136. The number of aliphatic carboxylic acids is 1. The Morgan fingerprint density at radius 1 is 1.56 bits per heavy atom. The lowest BCUT2D eigenvalue weighted by Gasteiger charge is -2.03. The summed E-state index contributed by atoms with van der Waals surface area (Å²) in [5.74, 6) is -0.817. The average molecular weight is 236 g/mol. The molecule has 0 aliphatic carbocycles. The summed E-state index contributed by atoms with van der Waals surface area (Å²) >= 11 is 1.59. The van der Waals surface area contributed by atoms with Crippen LogP contribution in [0.1, 0.15) is 10.7 Å². The first-order valence-electron chi connectivity index (χ1n) is 4.87. The summed E-state index contributed by atoms with van der Waals surface area (Å²) in [7, 11) is 1.86. The van der Waals surface area contributed by atoms with Crippen LogP contribution in [0.15, 0.2) is 17.5 Å². The molecule has 0 saturated heterocycles. The SMILES string of the molecule is Cc1nc(-c2ccc(CC(=O)O)n2C)cs1. The molecule has 0 amide bonds. The first-order valence-corrected chi connectivity index (χ1v) is 5.75. The van der Waals surface area contributed by atoms with E-state index in [1.54, 1.807) is 11.3 Å². The van der Waals surface area contributed by atoms with E-state index in [1.165, 1.54) is 0 Å².